The number of anilines is 1. The summed E-state index contributed by atoms with van der Waals surface area (Å²) in [4.78, 5) is 5.54. The first-order valence-corrected chi connectivity index (χ1v) is 7.06. The second-order valence-electron chi connectivity index (χ2n) is 4.32. The molecule has 0 aliphatic carbocycles. The van der Waals surface area contributed by atoms with E-state index in [9.17, 15) is 0 Å². The summed E-state index contributed by atoms with van der Waals surface area (Å²) in [5.74, 6) is 0.840. The Balaban J connectivity index is 0.00000161. The maximum absolute atomic E-state index is 5.89. The predicted molar refractivity (Wildman–Crippen MR) is 94.3 cm³/mol. The fourth-order valence-electron chi connectivity index (χ4n) is 2.07. The molecule has 0 unspecified atom stereocenters. The standard InChI is InChI=1S/C16H14N2OS.BrH/c1-19-13-9-7-12(8-10-13)15-14(18-16(17)20-15)11-5-3-2-4-6-11;/h2-10H,1H3,(H2,17,18);1H. The molecule has 0 bridgehead atoms. The van der Waals surface area contributed by atoms with Gasteiger partial charge in [0.2, 0.25) is 0 Å². The Hall–Kier alpha value is -1.85. The van der Waals surface area contributed by atoms with Gasteiger partial charge in [-0.2, -0.15) is 0 Å². The predicted octanol–water partition coefficient (Wildman–Crippen LogP) is 4.65. The molecular weight excluding hydrogens is 348 g/mol. The van der Waals surface area contributed by atoms with E-state index in [0.717, 1.165) is 27.4 Å². The normalized spacial score (nSPS) is 9.95. The molecule has 0 aliphatic rings. The number of benzene rings is 2. The number of aromatic nitrogens is 1. The summed E-state index contributed by atoms with van der Waals surface area (Å²) in [6.45, 7) is 0. The maximum atomic E-state index is 5.89. The Labute approximate surface area is 138 Å². The van der Waals surface area contributed by atoms with Gasteiger partial charge < -0.3 is 10.5 Å². The van der Waals surface area contributed by atoms with Crippen molar-refractivity contribution in [3.05, 3.63) is 54.6 Å². The van der Waals surface area contributed by atoms with Gasteiger partial charge in [0.25, 0.3) is 0 Å². The van der Waals surface area contributed by atoms with Crippen molar-refractivity contribution in [2.24, 2.45) is 0 Å². The van der Waals surface area contributed by atoms with Gasteiger partial charge in [0.1, 0.15) is 5.75 Å². The first-order valence-electron chi connectivity index (χ1n) is 6.24. The molecule has 5 heteroatoms. The molecule has 0 atom stereocenters. The minimum absolute atomic E-state index is 0. The number of nitrogen functional groups attached to an aromatic ring is 1. The van der Waals surface area contributed by atoms with E-state index in [2.05, 4.69) is 4.98 Å². The minimum atomic E-state index is 0. The van der Waals surface area contributed by atoms with E-state index in [-0.39, 0.29) is 17.0 Å². The second kappa shape index (κ2) is 6.74. The molecule has 3 rings (SSSR count). The van der Waals surface area contributed by atoms with Crippen molar-refractivity contribution >= 4 is 33.4 Å². The highest BCUT2D eigenvalue weighted by atomic mass is 79.9. The zero-order valence-electron chi connectivity index (χ0n) is 11.4. The lowest BCUT2D eigenvalue weighted by Gasteiger charge is -2.04. The number of halogens is 1. The van der Waals surface area contributed by atoms with Crippen LogP contribution in [0.1, 0.15) is 0 Å². The number of nitrogens with two attached hydrogens (primary N) is 1. The van der Waals surface area contributed by atoms with Crippen molar-refractivity contribution in [1.82, 2.24) is 4.98 Å². The number of nitrogens with zero attached hydrogens (tertiary/aromatic N) is 1. The lowest BCUT2D eigenvalue weighted by Crippen LogP contribution is -1.85. The summed E-state index contributed by atoms with van der Waals surface area (Å²) >= 11 is 1.50. The minimum Gasteiger partial charge on any atom is -0.497 e. The van der Waals surface area contributed by atoms with Gasteiger partial charge in [-0.05, 0) is 29.8 Å². The van der Waals surface area contributed by atoms with Crippen LogP contribution in [0.5, 0.6) is 5.75 Å². The third kappa shape index (κ3) is 3.25. The van der Waals surface area contributed by atoms with Crippen LogP contribution in [0.15, 0.2) is 54.6 Å². The molecule has 108 valence electrons. The van der Waals surface area contributed by atoms with Crippen LogP contribution in [0.4, 0.5) is 5.13 Å². The average molecular weight is 363 g/mol. The Morgan fingerprint density at radius 2 is 1.62 bits per heavy atom. The molecule has 3 nitrogen and oxygen atoms in total. The molecule has 1 aromatic heterocycles. The van der Waals surface area contributed by atoms with E-state index in [1.165, 1.54) is 11.3 Å². The van der Waals surface area contributed by atoms with Crippen molar-refractivity contribution in [2.45, 2.75) is 0 Å². The number of hydrogen-bond acceptors (Lipinski definition) is 4. The highest BCUT2D eigenvalue weighted by Crippen LogP contribution is 2.38. The van der Waals surface area contributed by atoms with Gasteiger partial charge in [-0.25, -0.2) is 4.98 Å². The summed E-state index contributed by atoms with van der Waals surface area (Å²) in [5, 5.41) is 0.578. The molecule has 0 saturated carbocycles. The Morgan fingerprint density at radius 1 is 0.952 bits per heavy atom. The van der Waals surface area contributed by atoms with Crippen LogP contribution in [0.25, 0.3) is 21.7 Å². The quantitative estimate of drug-likeness (QED) is 0.737. The summed E-state index contributed by atoms with van der Waals surface area (Å²) in [6, 6.07) is 18.0. The lowest BCUT2D eigenvalue weighted by atomic mass is 10.1. The van der Waals surface area contributed by atoms with E-state index < -0.39 is 0 Å². The molecule has 0 radical (unpaired) electrons. The zero-order valence-corrected chi connectivity index (χ0v) is 14.0. The van der Waals surface area contributed by atoms with Gasteiger partial charge in [-0.1, -0.05) is 41.7 Å². The van der Waals surface area contributed by atoms with Crippen molar-refractivity contribution in [3.63, 3.8) is 0 Å². The monoisotopic (exact) mass is 362 g/mol. The Bertz CT molecular complexity index is 711. The molecule has 0 fully saturated rings. The van der Waals surface area contributed by atoms with Crippen LogP contribution < -0.4 is 10.5 Å². The van der Waals surface area contributed by atoms with Gasteiger partial charge in [0.15, 0.2) is 5.13 Å². The van der Waals surface area contributed by atoms with E-state index >= 15 is 0 Å². The van der Waals surface area contributed by atoms with Gasteiger partial charge in [0, 0.05) is 5.56 Å². The maximum Gasteiger partial charge on any atom is 0.181 e. The molecule has 0 saturated heterocycles. The van der Waals surface area contributed by atoms with Gasteiger partial charge >= 0.3 is 0 Å². The fourth-order valence-corrected chi connectivity index (χ4v) is 2.93. The first kappa shape index (κ1) is 15.5. The summed E-state index contributed by atoms with van der Waals surface area (Å²) in [6.07, 6.45) is 0. The molecular formula is C16H15BrN2OS. The number of methoxy groups -OCH3 is 1. The number of rotatable bonds is 3. The largest absolute Gasteiger partial charge is 0.497 e. The third-order valence-electron chi connectivity index (χ3n) is 3.04. The van der Waals surface area contributed by atoms with Gasteiger partial charge in [-0.15, -0.1) is 17.0 Å². The second-order valence-corrected chi connectivity index (χ2v) is 5.36. The van der Waals surface area contributed by atoms with E-state index in [4.69, 9.17) is 10.5 Å². The van der Waals surface area contributed by atoms with Crippen molar-refractivity contribution in [3.8, 4) is 27.4 Å². The average Bonchev–Trinajstić information content (AvgIpc) is 2.90. The third-order valence-corrected chi connectivity index (χ3v) is 3.98. The number of hydrogen-bond donors (Lipinski definition) is 1. The van der Waals surface area contributed by atoms with E-state index in [1.54, 1.807) is 7.11 Å². The SMILES string of the molecule is Br.COc1ccc(-c2sc(N)nc2-c2ccccc2)cc1. The molecule has 0 aliphatic heterocycles. The Morgan fingerprint density at radius 3 is 2.24 bits per heavy atom. The molecule has 0 spiro atoms. The van der Waals surface area contributed by atoms with Crippen LogP contribution in [0.2, 0.25) is 0 Å². The molecule has 21 heavy (non-hydrogen) atoms. The fraction of sp³-hybridized carbons (Fsp3) is 0.0625. The van der Waals surface area contributed by atoms with Crippen LogP contribution in [-0.4, -0.2) is 12.1 Å². The van der Waals surface area contributed by atoms with E-state index in [1.807, 2.05) is 54.6 Å². The van der Waals surface area contributed by atoms with Crippen molar-refractivity contribution in [1.29, 1.82) is 0 Å². The van der Waals surface area contributed by atoms with Crippen molar-refractivity contribution in [2.75, 3.05) is 12.8 Å². The van der Waals surface area contributed by atoms with Crippen LogP contribution in [-0.2, 0) is 0 Å². The highest BCUT2D eigenvalue weighted by Gasteiger charge is 2.13. The number of ether oxygens (including phenoxy) is 1. The van der Waals surface area contributed by atoms with Crippen LogP contribution in [0.3, 0.4) is 0 Å². The zero-order chi connectivity index (χ0) is 13.9. The highest BCUT2D eigenvalue weighted by molar-refractivity contribution is 8.93. The molecule has 0 amide bonds. The van der Waals surface area contributed by atoms with Crippen LogP contribution in [0, 0.1) is 0 Å². The number of thiazole rings is 1. The molecule has 3 aromatic rings. The summed E-state index contributed by atoms with van der Waals surface area (Å²) < 4.78 is 5.19. The smallest absolute Gasteiger partial charge is 0.181 e. The van der Waals surface area contributed by atoms with Gasteiger partial charge in [0.05, 0.1) is 17.7 Å². The summed E-state index contributed by atoms with van der Waals surface area (Å²) in [7, 11) is 1.66. The lowest BCUT2D eigenvalue weighted by molar-refractivity contribution is 0.415. The summed E-state index contributed by atoms with van der Waals surface area (Å²) in [5.41, 5.74) is 8.99. The molecule has 1 heterocycles. The molecule has 2 aromatic carbocycles. The topological polar surface area (TPSA) is 48.1 Å². The van der Waals surface area contributed by atoms with Crippen molar-refractivity contribution < 1.29 is 4.74 Å². The Kier molecular flexibility index (Phi) is 4.98. The van der Waals surface area contributed by atoms with Gasteiger partial charge in [-0.3, -0.25) is 0 Å². The molecule has 2 N–H and O–H groups in total. The van der Waals surface area contributed by atoms with Crippen LogP contribution >= 0.6 is 28.3 Å². The van der Waals surface area contributed by atoms with E-state index in [0.29, 0.717) is 5.13 Å². The first-order chi connectivity index (χ1) is 9.78.